The van der Waals surface area contributed by atoms with Crippen LogP contribution in [0.4, 0.5) is 13.2 Å². The number of hydrogen-bond acceptors (Lipinski definition) is 17. The van der Waals surface area contributed by atoms with Crippen molar-refractivity contribution in [1.82, 2.24) is 14.7 Å². The lowest BCUT2D eigenvalue weighted by atomic mass is 9.74. The summed E-state index contributed by atoms with van der Waals surface area (Å²) in [6.45, 7) is 20.2. The molecule has 3 amide bonds. The van der Waals surface area contributed by atoms with Gasteiger partial charge in [-0.2, -0.15) is 0 Å². The number of halogens is 9. The van der Waals surface area contributed by atoms with Gasteiger partial charge in [-0.1, -0.05) is 188 Å². The summed E-state index contributed by atoms with van der Waals surface area (Å²) in [6, 6.07) is 44.0. The van der Waals surface area contributed by atoms with Crippen LogP contribution in [-0.2, 0) is 81.5 Å². The number of carboxylic acid groups (broad SMARTS) is 1. The molecule has 6 aliphatic rings. The number of nitrogens with zero attached hydrogens (tertiary/aromatic N) is 3. The molecule has 12 atom stereocenters. The number of carbonyl (C=O) groups is 6. The molecule has 0 unspecified atom stereocenters. The smallest absolute Gasteiger partial charge is 0.311 e. The Balaban J connectivity index is 0.000000171. The predicted octanol–water partition coefficient (Wildman–Crippen LogP) is 21.4. The van der Waals surface area contributed by atoms with E-state index < -0.39 is 123 Å². The van der Waals surface area contributed by atoms with Crippen LogP contribution < -0.4 is 0 Å². The van der Waals surface area contributed by atoms with E-state index in [2.05, 4.69) is 13.2 Å². The van der Waals surface area contributed by atoms with Crippen LogP contribution >= 0.6 is 69.6 Å². The Morgan fingerprint density at radius 3 is 0.955 bits per heavy atom. The third kappa shape index (κ3) is 19.1. The van der Waals surface area contributed by atoms with E-state index in [0.29, 0.717) is 155 Å². The van der Waals surface area contributed by atoms with Crippen molar-refractivity contribution in [2.45, 2.75) is 151 Å². The molecule has 0 radical (unpaired) electrons. The molecule has 0 aromatic heterocycles. The highest BCUT2D eigenvalue weighted by atomic mass is 35.5. The van der Waals surface area contributed by atoms with E-state index in [4.69, 9.17) is 103 Å². The van der Waals surface area contributed by atoms with Gasteiger partial charge >= 0.3 is 17.9 Å². The molecule has 6 aliphatic heterocycles. The van der Waals surface area contributed by atoms with E-state index in [9.17, 15) is 54.3 Å². The number of methoxy groups -OCH3 is 2. The number of esters is 2. The second kappa shape index (κ2) is 42.6. The average Bonchev–Trinajstić information content (AvgIpc) is 1.54. The molecule has 9 aromatic carbocycles. The van der Waals surface area contributed by atoms with Crippen molar-refractivity contribution in [2.75, 3.05) is 67.1 Å². The van der Waals surface area contributed by atoms with Gasteiger partial charge in [-0.05, 0) is 239 Å². The third-order valence-electron chi connectivity index (χ3n) is 27.5. The third-order valence-corrected chi connectivity index (χ3v) is 29.0. The largest absolute Gasteiger partial charge is 0.481 e. The number of carbonyl (C=O) groups excluding carboxylic acids is 5. The van der Waals surface area contributed by atoms with E-state index in [0.717, 1.165) is 4.90 Å². The molecule has 3 fully saturated rings. The van der Waals surface area contributed by atoms with Crippen LogP contribution in [0.25, 0.3) is 0 Å². The van der Waals surface area contributed by atoms with E-state index in [1.165, 1.54) is 97.7 Å². The van der Waals surface area contributed by atoms with Crippen LogP contribution in [-0.4, -0.2) is 143 Å². The number of aliphatic hydroxyl groups is 4. The lowest BCUT2D eigenvalue weighted by Crippen LogP contribution is -2.51. The fourth-order valence-corrected chi connectivity index (χ4v) is 21.2. The van der Waals surface area contributed by atoms with Gasteiger partial charge in [0, 0.05) is 101 Å². The molecule has 30 heteroatoms. The van der Waals surface area contributed by atoms with Gasteiger partial charge in [0.25, 0.3) is 17.7 Å². The Morgan fingerprint density at radius 2 is 0.679 bits per heavy atom. The van der Waals surface area contributed by atoms with Gasteiger partial charge in [0.15, 0.2) is 17.2 Å². The fourth-order valence-electron chi connectivity index (χ4n) is 20.4. The zero-order valence-corrected chi connectivity index (χ0v) is 79.9. The van der Waals surface area contributed by atoms with Crippen LogP contribution in [0, 0.1) is 53.0 Å². The summed E-state index contributed by atoms with van der Waals surface area (Å²) in [5.74, 6) is -10.4. The molecule has 0 spiro atoms. The molecule has 9 aromatic rings. The predicted molar refractivity (Wildman–Crippen MR) is 504 cm³/mol. The molecule has 134 heavy (non-hydrogen) atoms. The summed E-state index contributed by atoms with van der Waals surface area (Å²) in [5, 5.41) is 61.5. The molecule has 21 nitrogen and oxygen atoms in total. The zero-order chi connectivity index (χ0) is 96.8. The van der Waals surface area contributed by atoms with Crippen molar-refractivity contribution < 1.29 is 101 Å². The summed E-state index contributed by atoms with van der Waals surface area (Å²) in [7, 11) is 2.74. The summed E-state index contributed by atoms with van der Waals surface area (Å²) in [5.41, 5.74) is -7.54. The van der Waals surface area contributed by atoms with Crippen LogP contribution in [0.2, 0.25) is 30.1 Å². The fraction of sp³-hybridized carbons (Fsp3) is 0.385. The topological polar surface area (TPSA) is 278 Å². The second-order valence-electron chi connectivity index (χ2n) is 34.6. The minimum absolute atomic E-state index is 0.0118. The van der Waals surface area contributed by atoms with E-state index >= 15 is 13.2 Å². The van der Waals surface area contributed by atoms with Crippen molar-refractivity contribution in [3.8, 4) is 0 Å². The highest BCUT2D eigenvalue weighted by Crippen LogP contribution is 2.58. The lowest BCUT2D eigenvalue weighted by Gasteiger charge is -2.44. The molecule has 15 rings (SSSR count). The molecule has 0 bridgehead atoms. The van der Waals surface area contributed by atoms with Crippen molar-refractivity contribution >= 4 is 105 Å². The first-order valence-electron chi connectivity index (χ1n) is 44.6. The van der Waals surface area contributed by atoms with Crippen molar-refractivity contribution in [1.29, 1.82) is 0 Å². The first-order chi connectivity index (χ1) is 64.0. The molecule has 0 saturated carbocycles. The number of amides is 3. The van der Waals surface area contributed by atoms with Gasteiger partial charge in [0.05, 0.1) is 86.1 Å². The van der Waals surface area contributed by atoms with Gasteiger partial charge in [0.2, 0.25) is 0 Å². The van der Waals surface area contributed by atoms with E-state index in [-0.39, 0.29) is 87.5 Å². The van der Waals surface area contributed by atoms with Gasteiger partial charge in [-0.3, -0.25) is 43.5 Å². The Labute approximate surface area is 807 Å². The van der Waals surface area contributed by atoms with Gasteiger partial charge in [0.1, 0.15) is 30.7 Å². The monoisotopic (exact) mass is 1950 g/mol. The summed E-state index contributed by atoms with van der Waals surface area (Å²) in [6.07, 6.45) is 7.26. The number of hydrogen-bond donors (Lipinski definition) is 5. The normalized spacial score (nSPS) is 21.3. The summed E-state index contributed by atoms with van der Waals surface area (Å²) in [4.78, 5) is 87.3. The average molecular weight is 1960 g/mol. The van der Waals surface area contributed by atoms with Gasteiger partial charge in [-0.25, -0.2) is 13.2 Å². The summed E-state index contributed by atoms with van der Waals surface area (Å²) < 4.78 is 90.0. The lowest BCUT2D eigenvalue weighted by molar-refractivity contribution is -0.155. The summed E-state index contributed by atoms with van der Waals surface area (Å²) >= 11 is 37.2. The Bertz CT molecular complexity index is 5800. The van der Waals surface area contributed by atoms with Crippen molar-refractivity contribution in [2.24, 2.45) is 35.5 Å². The number of benzene rings is 9. The highest BCUT2D eigenvalue weighted by molar-refractivity contribution is 6.32. The molecule has 710 valence electrons. The number of carboxylic acids is 1. The van der Waals surface area contributed by atoms with Crippen molar-refractivity contribution in [3.05, 3.63) is 338 Å². The molecule has 6 heterocycles. The first-order valence-corrected chi connectivity index (χ1v) is 46.9. The SMILES string of the molecule is C=CCOC(=O)[C@@H](C)[C@@H](c1ccc(Cl)cc1)N1C(=O)c2cc([C@](O)(CC)C3CCOCC3)cc(F)c2[C@]1(O)c1ccc(Cl)cc1.C=CCOC(=O)[C@@H](C)[C@@H](c1ccc(Cl)cc1)N1C(=O)c2cc([C@](O)(CC)C3CCOCC3)cc(F)c2[C@]1(OC)c1ccc(Cl)cc1.CC[C@@](O)(c1cc(F)c2c(c1)C(=O)N([C@H](c1ccc(Cl)cc1)[C@H](C)C(=O)O)[C@@]2(OC)c1ccc(Cl)cc1)C1CCOCC1. The maximum Gasteiger partial charge on any atom is 0.311 e. The Hall–Kier alpha value is -9.55. The van der Waals surface area contributed by atoms with Crippen molar-refractivity contribution in [3.63, 3.8) is 0 Å². The van der Waals surface area contributed by atoms with Crippen LogP contribution in [0.15, 0.2) is 207 Å². The highest BCUT2D eigenvalue weighted by Gasteiger charge is 2.62. The number of ether oxygens (including phenoxy) is 7. The molecule has 5 N–H and O–H groups in total. The molecular weight excluding hydrogens is 1850 g/mol. The van der Waals surface area contributed by atoms with E-state index in [1.807, 2.05) is 20.8 Å². The van der Waals surface area contributed by atoms with Crippen LogP contribution in [0.3, 0.4) is 0 Å². The number of fused-ring (bicyclic) bond motifs is 3. The number of rotatable bonds is 30. The van der Waals surface area contributed by atoms with Gasteiger partial charge < -0.3 is 58.7 Å². The molecule has 3 saturated heterocycles. The second-order valence-corrected chi connectivity index (χ2v) is 37.2. The molecular formula is C104H108Cl6F3N3O18. The van der Waals surface area contributed by atoms with Crippen LogP contribution in [0.5, 0.6) is 0 Å². The minimum Gasteiger partial charge on any atom is -0.481 e. The van der Waals surface area contributed by atoms with E-state index in [1.54, 1.807) is 141 Å². The number of aliphatic carboxylic acids is 1. The quantitative estimate of drug-likeness (QED) is 0.0207. The first kappa shape index (κ1) is 102. The Morgan fingerprint density at radius 1 is 0.425 bits per heavy atom. The maximum absolute atomic E-state index is 16.9. The van der Waals surface area contributed by atoms with Gasteiger partial charge in [-0.15, -0.1) is 0 Å². The maximum atomic E-state index is 16.9. The zero-order valence-electron chi connectivity index (χ0n) is 75.4. The standard InChI is InChI=1S/C36H38Cl2FNO6.C35H36Cl2FNO6.C33H34Cl2FNO6/c1-5-17-46-34(42)22(3)32(23-7-11-27(37)12-8-23)40-33(41)29-20-26(35(43,6-2)24-15-18-45-19-16-24)21-30(39)31(29)36(40,44-4)25-9-13-28(38)14-10-25;1-4-16-45-33(41)21(3)31(22-6-10-26(36)11-7-22)39-32(40)28-19-25(34(42,5-2)23-14-17-44-18-15-23)20-29(38)30(28)35(39,43)24-8-12-27(37)13-9-24;1-4-32(41,21-13-15-43-16-14-21)23-17-26-28(27(36)18-23)33(42-3,22-7-11-25(35)12-8-22)37(30(26)38)29(19(2)31(39)40)20-5-9-24(34)10-6-20/h5,7-14,20-22,24,32,43H,1,6,15-19H2,2-4H3;4,6-13,19-21,23,31,42-43H,1,5,14-18H2,2-3H3;5-12,17-19,21,29,41H,4,13-16H2,1-3H3,(H,39,40)/t22-,32-,35-,36+;21-,31-,34-,35+;19-,29-,32-,33+/m000/s1. The van der Waals surface area contributed by atoms with Crippen LogP contribution in [0.1, 0.15) is 215 Å². The molecule has 0 aliphatic carbocycles. The minimum atomic E-state index is -2.38. The Kier molecular flexibility index (Phi) is 32.4.